The van der Waals surface area contributed by atoms with Crippen LogP contribution < -0.4 is 9.62 Å². The van der Waals surface area contributed by atoms with E-state index >= 15 is 0 Å². The molecule has 0 unspecified atom stereocenters. The summed E-state index contributed by atoms with van der Waals surface area (Å²) in [6.07, 6.45) is 1.30. The van der Waals surface area contributed by atoms with E-state index in [4.69, 9.17) is 16.3 Å². The topological polar surface area (TPSA) is 92.8 Å². The quantitative estimate of drug-likeness (QED) is 0.634. The second kappa shape index (κ2) is 9.76. The monoisotopic (exact) mass is 438 g/mol. The fourth-order valence-corrected chi connectivity index (χ4v) is 4.12. The van der Waals surface area contributed by atoms with Crippen molar-refractivity contribution in [2.75, 3.05) is 22.5 Å². The average molecular weight is 439 g/mol. The minimum Gasteiger partial charge on any atom is -0.462 e. The fourth-order valence-electron chi connectivity index (χ4n) is 2.78. The van der Waals surface area contributed by atoms with E-state index in [1.165, 1.54) is 12.1 Å². The summed E-state index contributed by atoms with van der Waals surface area (Å²) in [5.74, 6) is -0.945. The molecule has 0 saturated carbocycles. The number of amides is 1. The largest absolute Gasteiger partial charge is 0.462 e. The number of nitrogens with zero attached hydrogens (tertiary/aromatic N) is 1. The first-order valence-electron chi connectivity index (χ1n) is 9.00. The zero-order valence-corrected chi connectivity index (χ0v) is 18.0. The first-order valence-corrected chi connectivity index (χ1v) is 11.2. The highest BCUT2D eigenvalue weighted by Crippen LogP contribution is 2.25. The van der Waals surface area contributed by atoms with Crippen LogP contribution in [0, 0.1) is 0 Å². The lowest BCUT2D eigenvalue weighted by molar-refractivity contribution is -0.117. The van der Waals surface area contributed by atoms with Gasteiger partial charge in [0.2, 0.25) is 15.9 Å². The molecule has 156 valence electrons. The van der Waals surface area contributed by atoms with Crippen molar-refractivity contribution in [3.63, 3.8) is 0 Å². The number of halogens is 1. The molecule has 29 heavy (non-hydrogen) atoms. The number of hydrogen-bond donors (Lipinski definition) is 1. The van der Waals surface area contributed by atoms with Gasteiger partial charge in [0.1, 0.15) is 6.04 Å². The normalized spacial score (nSPS) is 12.1. The maximum Gasteiger partial charge on any atom is 0.338 e. The average Bonchev–Trinajstić information content (AvgIpc) is 2.66. The number of ether oxygens (including phenoxy) is 1. The zero-order chi connectivity index (χ0) is 21.6. The van der Waals surface area contributed by atoms with Gasteiger partial charge in [0.15, 0.2) is 0 Å². The molecule has 2 aromatic rings. The van der Waals surface area contributed by atoms with Gasteiger partial charge in [-0.25, -0.2) is 13.2 Å². The summed E-state index contributed by atoms with van der Waals surface area (Å²) >= 11 is 5.89. The van der Waals surface area contributed by atoms with Crippen LogP contribution in [0.1, 0.15) is 30.6 Å². The Morgan fingerprint density at radius 3 is 2.14 bits per heavy atom. The Bertz CT molecular complexity index is 959. The summed E-state index contributed by atoms with van der Waals surface area (Å²) in [5.41, 5.74) is 1.14. The fraction of sp³-hybridized carbons (Fsp3) is 0.300. The Morgan fingerprint density at radius 2 is 1.66 bits per heavy atom. The molecule has 0 bridgehead atoms. The minimum absolute atomic E-state index is 0.252. The number of sulfonamides is 1. The molecule has 2 aromatic carbocycles. The van der Waals surface area contributed by atoms with E-state index in [1.54, 1.807) is 50.2 Å². The molecule has 0 heterocycles. The molecule has 0 aliphatic rings. The van der Waals surface area contributed by atoms with Gasteiger partial charge in [0, 0.05) is 10.7 Å². The van der Waals surface area contributed by atoms with Crippen molar-refractivity contribution in [3.05, 3.63) is 59.1 Å². The van der Waals surface area contributed by atoms with E-state index in [1.807, 2.05) is 0 Å². The summed E-state index contributed by atoms with van der Waals surface area (Å²) in [4.78, 5) is 24.6. The van der Waals surface area contributed by atoms with Crippen LogP contribution in [0.25, 0.3) is 0 Å². The lowest BCUT2D eigenvalue weighted by Crippen LogP contribution is -2.47. The summed E-state index contributed by atoms with van der Waals surface area (Å²) in [5, 5.41) is 3.16. The van der Waals surface area contributed by atoms with Crippen LogP contribution in [-0.4, -0.2) is 39.2 Å². The maximum atomic E-state index is 12.9. The van der Waals surface area contributed by atoms with E-state index in [-0.39, 0.29) is 13.0 Å². The number of hydrogen-bond acceptors (Lipinski definition) is 5. The molecule has 0 aliphatic carbocycles. The van der Waals surface area contributed by atoms with Gasteiger partial charge in [-0.3, -0.25) is 9.10 Å². The Balaban J connectivity index is 2.25. The predicted molar refractivity (Wildman–Crippen MR) is 114 cm³/mol. The molecule has 0 aromatic heterocycles. The molecule has 2 rings (SSSR count). The van der Waals surface area contributed by atoms with Crippen molar-refractivity contribution >= 4 is 44.9 Å². The third kappa shape index (κ3) is 5.95. The Labute approximate surface area is 175 Å². The van der Waals surface area contributed by atoms with Crippen molar-refractivity contribution in [2.45, 2.75) is 26.3 Å². The summed E-state index contributed by atoms with van der Waals surface area (Å²) in [6, 6.07) is 11.4. The van der Waals surface area contributed by atoms with E-state index in [9.17, 15) is 18.0 Å². The second-order valence-electron chi connectivity index (χ2n) is 6.25. The Hall–Kier alpha value is -2.58. The number of carbonyl (C=O) groups excluding carboxylic acids is 2. The number of anilines is 2. The third-order valence-corrected chi connectivity index (χ3v) is 5.51. The number of carbonyl (C=O) groups is 2. The molecule has 0 aliphatic heterocycles. The second-order valence-corrected chi connectivity index (χ2v) is 8.54. The van der Waals surface area contributed by atoms with E-state index in [0.717, 1.165) is 10.6 Å². The highest BCUT2D eigenvalue weighted by molar-refractivity contribution is 7.92. The van der Waals surface area contributed by atoms with E-state index in [2.05, 4.69) is 5.32 Å². The molecule has 0 radical (unpaired) electrons. The number of rotatable bonds is 8. The van der Waals surface area contributed by atoms with Crippen molar-refractivity contribution < 1.29 is 22.7 Å². The number of benzene rings is 2. The molecule has 1 N–H and O–H groups in total. The van der Waals surface area contributed by atoms with Crippen LogP contribution in [0.4, 0.5) is 11.4 Å². The Morgan fingerprint density at radius 1 is 1.07 bits per heavy atom. The van der Waals surface area contributed by atoms with Crippen LogP contribution in [0.3, 0.4) is 0 Å². The predicted octanol–water partition coefficient (Wildman–Crippen LogP) is 3.70. The van der Waals surface area contributed by atoms with Gasteiger partial charge in [0.05, 0.1) is 24.1 Å². The van der Waals surface area contributed by atoms with Crippen LogP contribution in [0.15, 0.2) is 48.5 Å². The van der Waals surface area contributed by atoms with Crippen LogP contribution >= 0.6 is 11.6 Å². The van der Waals surface area contributed by atoms with Gasteiger partial charge in [-0.05, 0) is 61.9 Å². The van der Waals surface area contributed by atoms with E-state index < -0.39 is 27.9 Å². The molecular formula is C20H23ClN2O5S. The molecule has 9 heteroatoms. The highest BCUT2D eigenvalue weighted by atomic mass is 35.5. The molecule has 0 spiro atoms. The summed E-state index contributed by atoms with van der Waals surface area (Å²) in [6.45, 7) is 3.70. The molecular weight excluding hydrogens is 416 g/mol. The SMILES string of the molecule is CCOC(=O)c1ccc(NC(=O)[C@@H](CC)N(c2ccc(Cl)cc2)S(C)(=O)=O)cc1. The van der Waals surface area contributed by atoms with Crippen molar-refractivity contribution in [2.24, 2.45) is 0 Å². The Kier molecular flexibility index (Phi) is 7.64. The van der Waals surface area contributed by atoms with Crippen molar-refractivity contribution in [1.82, 2.24) is 0 Å². The van der Waals surface area contributed by atoms with Gasteiger partial charge >= 0.3 is 5.97 Å². The standard InChI is InChI=1S/C20H23ClN2O5S/c1-4-18(23(29(3,26)27)17-12-8-15(21)9-13-17)19(24)22-16-10-6-14(7-11-16)20(25)28-5-2/h6-13,18H,4-5H2,1-3H3,(H,22,24)/t18-/m1/s1. The van der Waals surface area contributed by atoms with Crippen molar-refractivity contribution in [3.8, 4) is 0 Å². The van der Waals surface area contributed by atoms with Crippen LogP contribution in [0.2, 0.25) is 5.02 Å². The summed E-state index contributed by atoms with van der Waals surface area (Å²) < 4.78 is 30.8. The minimum atomic E-state index is -3.74. The van der Waals surface area contributed by atoms with E-state index in [0.29, 0.717) is 22.0 Å². The molecule has 0 fully saturated rings. The molecule has 1 atom stereocenters. The van der Waals surface area contributed by atoms with Gasteiger partial charge < -0.3 is 10.1 Å². The number of esters is 1. The lowest BCUT2D eigenvalue weighted by atomic mass is 10.1. The van der Waals surface area contributed by atoms with Gasteiger partial charge in [0.25, 0.3) is 0 Å². The molecule has 1 amide bonds. The highest BCUT2D eigenvalue weighted by Gasteiger charge is 2.31. The first-order chi connectivity index (χ1) is 13.7. The summed E-state index contributed by atoms with van der Waals surface area (Å²) in [7, 11) is -3.74. The van der Waals surface area contributed by atoms with Crippen molar-refractivity contribution in [1.29, 1.82) is 0 Å². The third-order valence-electron chi connectivity index (χ3n) is 4.07. The smallest absolute Gasteiger partial charge is 0.338 e. The number of nitrogens with one attached hydrogen (secondary N) is 1. The molecule has 0 saturated heterocycles. The molecule has 7 nitrogen and oxygen atoms in total. The van der Waals surface area contributed by atoms with Gasteiger partial charge in [-0.15, -0.1) is 0 Å². The first kappa shape index (κ1) is 22.7. The maximum absolute atomic E-state index is 12.9. The van der Waals surface area contributed by atoms with Gasteiger partial charge in [-0.1, -0.05) is 18.5 Å². The van der Waals surface area contributed by atoms with Gasteiger partial charge in [-0.2, -0.15) is 0 Å². The lowest BCUT2D eigenvalue weighted by Gasteiger charge is -2.30. The van der Waals surface area contributed by atoms with Crippen LogP contribution in [0.5, 0.6) is 0 Å². The zero-order valence-electron chi connectivity index (χ0n) is 16.4. The van der Waals surface area contributed by atoms with Crippen LogP contribution in [-0.2, 0) is 19.6 Å².